The number of amides is 1. The summed E-state index contributed by atoms with van der Waals surface area (Å²) in [6, 6.07) is 4.62. The van der Waals surface area contributed by atoms with Crippen molar-refractivity contribution in [1.29, 1.82) is 0 Å². The van der Waals surface area contributed by atoms with Crippen molar-refractivity contribution in [3.05, 3.63) is 28.8 Å². The molecule has 1 amide bonds. The van der Waals surface area contributed by atoms with Crippen LogP contribution in [-0.4, -0.2) is 63.0 Å². The molecule has 1 aliphatic carbocycles. The van der Waals surface area contributed by atoms with Crippen molar-refractivity contribution in [2.45, 2.75) is 56.0 Å². The molecular formula is C23H31ClN2O6S. The third-order valence-corrected chi connectivity index (χ3v) is 10.1. The Kier molecular flexibility index (Phi) is 6.79. The first-order valence-corrected chi connectivity index (χ1v) is 13.2. The van der Waals surface area contributed by atoms with Gasteiger partial charge in [-0.3, -0.25) is 9.59 Å². The van der Waals surface area contributed by atoms with Gasteiger partial charge >= 0.3 is 5.97 Å². The summed E-state index contributed by atoms with van der Waals surface area (Å²) < 4.78 is 39.1. The Morgan fingerprint density at radius 1 is 1.24 bits per heavy atom. The van der Waals surface area contributed by atoms with E-state index in [0.29, 0.717) is 49.5 Å². The maximum atomic E-state index is 13.6. The Morgan fingerprint density at radius 3 is 2.55 bits per heavy atom. The third kappa shape index (κ3) is 4.29. The van der Waals surface area contributed by atoms with Crippen molar-refractivity contribution in [1.82, 2.24) is 9.62 Å². The minimum atomic E-state index is -3.93. The Balaban J connectivity index is 1.56. The normalized spacial score (nSPS) is 32.4. The molecule has 4 rings (SSSR count). The highest BCUT2D eigenvalue weighted by atomic mass is 35.5. The molecule has 3 fully saturated rings. The highest BCUT2D eigenvalue weighted by Gasteiger charge is 2.52. The zero-order valence-electron chi connectivity index (χ0n) is 19.2. The molecule has 10 heteroatoms. The number of hydrogen-bond acceptors (Lipinski definition) is 6. The maximum Gasteiger partial charge on any atom is 0.308 e. The largest absolute Gasteiger partial charge is 0.469 e. The van der Waals surface area contributed by atoms with Crippen molar-refractivity contribution < 1.29 is 27.5 Å². The number of hydrogen-bond donors (Lipinski definition) is 1. The monoisotopic (exact) mass is 498 g/mol. The van der Waals surface area contributed by atoms with Gasteiger partial charge in [-0.2, -0.15) is 4.31 Å². The zero-order valence-corrected chi connectivity index (χ0v) is 20.7. The van der Waals surface area contributed by atoms with E-state index < -0.39 is 15.6 Å². The SMILES string of the molecule is COC(=O)C1C[C@H]2COC[C@@H](C1)C2NC(=O)[C@@]1(C)CCCN1S(=O)(=O)c1cccc(Cl)c1C. The first-order valence-electron chi connectivity index (χ1n) is 11.3. The molecule has 1 aromatic carbocycles. The summed E-state index contributed by atoms with van der Waals surface area (Å²) in [6.07, 6.45) is 2.18. The number of carbonyl (C=O) groups is 2. The van der Waals surface area contributed by atoms with Crippen LogP contribution in [-0.2, 0) is 29.1 Å². The Hall–Kier alpha value is -1.68. The number of benzene rings is 1. The minimum absolute atomic E-state index is 0.0178. The molecule has 0 aromatic heterocycles. The number of ether oxygens (including phenoxy) is 2. The summed E-state index contributed by atoms with van der Waals surface area (Å²) in [4.78, 5) is 25.8. The Morgan fingerprint density at radius 2 is 1.91 bits per heavy atom. The van der Waals surface area contributed by atoms with E-state index in [0.717, 1.165) is 0 Å². The van der Waals surface area contributed by atoms with Gasteiger partial charge in [0.15, 0.2) is 0 Å². The summed E-state index contributed by atoms with van der Waals surface area (Å²) in [5, 5.41) is 3.53. The zero-order chi connectivity index (χ0) is 24.0. The van der Waals surface area contributed by atoms with E-state index in [-0.39, 0.29) is 47.1 Å². The molecule has 2 unspecified atom stereocenters. The molecule has 8 nitrogen and oxygen atoms in total. The van der Waals surface area contributed by atoms with E-state index in [1.54, 1.807) is 26.0 Å². The number of fused-ring (bicyclic) bond motifs is 2. The molecule has 182 valence electrons. The van der Waals surface area contributed by atoms with Gasteiger partial charge in [0.05, 0.1) is 31.1 Å². The fourth-order valence-electron chi connectivity index (χ4n) is 5.66. The summed E-state index contributed by atoms with van der Waals surface area (Å²) in [6.45, 7) is 4.54. The van der Waals surface area contributed by atoms with Crippen molar-refractivity contribution in [2.24, 2.45) is 17.8 Å². The molecule has 2 saturated heterocycles. The van der Waals surface area contributed by atoms with Crippen LogP contribution in [0.25, 0.3) is 0 Å². The third-order valence-electron chi connectivity index (χ3n) is 7.54. The maximum absolute atomic E-state index is 13.6. The first-order chi connectivity index (χ1) is 15.6. The molecule has 1 saturated carbocycles. The predicted molar refractivity (Wildman–Crippen MR) is 122 cm³/mol. The van der Waals surface area contributed by atoms with Crippen molar-refractivity contribution in [2.75, 3.05) is 26.9 Å². The van der Waals surface area contributed by atoms with Crippen LogP contribution >= 0.6 is 11.6 Å². The molecule has 0 spiro atoms. The van der Waals surface area contributed by atoms with Crippen LogP contribution < -0.4 is 5.32 Å². The van der Waals surface area contributed by atoms with Gasteiger partial charge in [-0.1, -0.05) is 17.7 Å². The van der Waals surface area contributed by atoms with Gasteiger partial charge in [-0.25, -0.2) is 8.42 Å². The first kappa shape index (κ1) is 24.4. The highest BCUT2D eigenvalue weighted by molar-refractivity contribution is 7.89. The van der Waals surface area contributed by atoms with E-state index in [4.69, 9.17) is 21.1 Å². The lowest BCUT2D eigenvalue weighted by atomic mass is 9.70. The summed E-state index contributed by atoms with van der Waals surface area (Å²) in [5.41, 5.74) is -0.733. The molecule has 2 bridgehead atoms. The van der Waals surface area contributed by atoms with E-state index in [1.807, 2.05) is 0 Å². The standard InChI is InChI=1S/C23H31ClN2O6S/c1-14-18(24)6-4-7-19(14)33(29,30)26-9-5-8-23(26,2)22(28)25-20-16-10-15(21(27)31-3)11-17(20)13-32-12-16/h4,6-7,15-17,20H,5,8-13H2,1-3H3,(H,25,28)/t15?,16-,17+,20?,23-/m1/s1. The summed E-state index contributed by atoms with van der Waals surface area (Å²) in [7, 11) is -2.54. The van der Waals surface area contributed by atoms with Crippen LogP contribution in [0.2, 0.25) is 5.02 Å². The second-order valence-electron chi connectivity index (χ2n) is 9.57. The average Bonchev–Trinajstić information content (AvgIpc) is 3.18. The lowest BCUT2D eigenvalue weighted by Gasteiger charge is -2.46. The molecule has 2 aliphatic heterocycles. The molecule has 1 N–H and O–H groups in total. The second-order valence-corrected chi connectivity index (χ2v) is 11.8. The van der Waals surface area contributed by atoms with Crippen LogP contribution in [0.1, 0.15) is 38.2 Å². The van der Waals surface area contributed by atoms with E-state index in [2.05, 4.69) is 5.32 Å². The van der Waals surface area contributed by atoms with Gasteiger partial charge < -0.3 is 14.8 Å². The average molecular weight is 499 g/mol. The Bertz CT molecular complexity index is 1030. The van der Waals surface area contributed by atoms with Crippen LogP contribution in [0.5, 0.6) is 0 Å². The predicted octanol–water partition coefficient (Wildman–Crippen LogP) is 2.52. The van der Waals surface area contributed by atoms with Gasteiger partial charge in [0.25, 0.3) is 0 Å². The number of methoxy groups -OCH3 is 1. The smallest absolute Gasteiger partial charge is 0.308 e. The summed E-state index contributed by atoms with van der Waals surface area (Å²) in [5.74, 6) is -0.770. The fraction of sp³-hybridized carbons (Fsp3) is 0.652. The van der Waals surface area contributed by atoms with Gasteiger partial charge in [-0.05, 0) is 57.2 Å². The lowest BCUT2D eigenvalue weighted by molar-refractivity contribution is -0.152. The van der Waals surface area contributed by atoms with Crippen molar-refractivity contribution in [3.63, 3.8) is 0 Å². The molecule has 33 heavy (non-hydrogen) atoms. The van der Waals surface area contributed by atoms with E-state index >= 15 is 0 Å². The van der Waals surface area contributed by atoms with Gasteiger partial charge in [-0.15, -0.1) is 0 Å². The topological polar surface area (TPSA) is 102 Å². The van der Waals surface area contributed by atoms with Crippen molar-refractivity contribution in [3.8, 4) is 0 Å². The number of sulfonamides is 1. The molecule has 0 radical (unpaired) electrons. The molecule has 3 aliphatic rings. The van der Waals surface area contributed by atoms with Crippen molar-refractivity contribution >= 4 is 33.5 Å². The van der Waals surface area contributed by atoms with Crippen LogP contribution in [0, 0.1) is 24.7 Å². The van der Waals surface area contributed by atoms with E-state index in [1.165, 1.54) is 17.5 Å². The second kappa shape index (κ2) is 9.17. The van der Waals surface area contributed by atoms with Crippen LogP contribution in [0.3, 0.4) is 0 Å². The van der Waals surface area contributed by atoms with E-state index in [9.17, 15) is 18.0 Å². The van der Waals surface area contributed by atoms with Crippen LogP contribution in [0.4, 0.5) is 0 Å². The number of carbonyl (C=O) groups excluding carboxylic acids is 2. The molecule has 1 aromatic rings. The molecular weight excluding hydrogens is 468 g/mol. The van der Waals surface area contributed by atoms with Gasteiger partial charge in [0, 0.05) is 29.4 Å². The number of nitrogens with zero attached hydrogens (tertiary/aromatic N) is 1. The molecule has 2 heterocycles. The number of halogens is 1. The lowest BCUT2D eigenvalue weighted by Crippen LogP contribution is -2.62. The molecule has 5 atom stereocenters. The number of nitrogens with one attached hydrogen (secondary N) is 1. The minimum Gasteiger partial charge on any atom is -0.469 e. The van der Waals surface area contributed by atoms with Crippen LogP contribution in [0.15, 0.2) is 23.1 Å². The van der Waals surface area contributed by atoms with Gasteiger partial charge in [0.1, 0.15) is 5.54 Å². The Labute approximate surface area is 200 Å². The fourth-order valence-corrected chi connectivity index (χ4v) is 7.95. The highest BCUT2D eigenvalue weighted by Crippen LogP contribution is 2.40. The van der Waals surface area contributed by atoms with Gasteiger partial charge in [0.2, 0.25) is 15.9 Å². The number of esters is 1. The quantitative estimate of drug-likeness (QED) is 0.626. The summed E-state index contributed by atoms with van der Waals surface area (Å²) >= 11 is 6.18. The number of rotatable bonds is 5.